The summed E-state index contributed by atoms with van der Waals surface area (Å²) < 4.78 is 17.0. The number of likely N-dealkylation sites (tertiary alicyclic amines) is 1. The fraction of sp³-hybridized carbons (Fsp3) is 0.562. The van der Waals surface area contributed by atoms with Gasteiger partial charge in [-0.3, -0.25) is 23.8 Å². The zero-order valence-electron chi connectivity index (χ0n) is 14.3. The van der Waals surface area contributed by atoms with Gasteiger partial charge in [0.1, 0.15) is 5.60 Å². The molecule has 3 rings (SSSR count). The summed E-state index contributed by atoms with van der Waals surface area (Å²) in [6, 6.07) is 0. The molecule has 3 N–H and O–H groups in total. The number of imide groups is 1. The predicted molar refractivity (Wildman–Crippen MR) is 89.8 cm³/mol. The summed E-state index contributed by atoms with van der Waals surface area (Å²) in [5, 5.41) is 2.57. The van der Waals surface area contributed by atoms with E-state index in [0.717, 1.165) is 4.90 Å². The molecular weight excluding hydrogens is 363 g/mol. The van der Waals surface area contributed by atoms with Gasteiger partial charge in [-0.05, 0) is 13.3 Å². The first kappa shape index (κ1) is 19.0. The Bertz CT molecular complexity index is 758. The van der Waals surface area contributed by atoms with Crippen molar-refractivity contribution in [3.8, 4) is 0 Å². The number of rotatable bonds is 7. The summed E-state index contributed by atoms with van der Waals surface area (Å²) in [4.78, 5) is 56.4. The molecule has 3 aliphatic heterocycles. The van der Waals surface area contributed by atoms with E-state index in [1.165, 1.54) is 0 Å². The van der Waals surface area contributed by atoms with Crippen LogP contribution in [-0.4, -0.2) is 63.4 Å². The molecule has 0 aromatic heterocycles. The van der Waals surface area contributed by atoms with Crippen LogP contribution in [0.4, 0.5) is 0 Å². The van der Waals surface area contributed by atoms with Crippen molar-refractivity contribution >= 4 is 25.3 Å². The number of hydrogen-bond acceptors (Lipinski definition) is 5. The average molecular weight is 384 g/mol. The third kappa shape index (κ3) is 3.16. The van der Waals surface area contributed by atoms with Gasteiger partial charge in [-0.15, -0.1) is 0 Å². The van der Waals surface area contributed by atoms with E-state index in [4.69, 9.17) is 14.5 Å². The van der Waals surface area contributed by atoms with E-state index in [1.54, 1.807) is 19.1 Å². The van der Waals surface area contributed by atoms with Crippen molar-refractivity contribution in [2.24, 2.45) is 11.8 Å². The van der Waals surface area contributed by atoms with Gasteiger partial charge in [-0.25, -0.2) is 0 Å². The molecule has 0 aliphatic carbocycles. The van der Waals surface area contributed by atoms with Crippen LogP contribution >= 0.6 is 7.60 Å². The monoisotopic (exact) mass is 384 g/mol. The number of amides is 3. The topological polar surface area (TPSA) is 133 Å². The molecule has 3 aliphatic rings. The standard InChI is InChI=1S/C16H21N2O7P/c1-9(2)13(19)17-6-7-18-14(20)11-10-3-4-16(25-10,12(11)15(18)21)5-8-26(22,23)24/h3-4,10-12H,1,5-8H2,2H3,(H,17,19)(H2,22,23,24). The van der Waals surface area contributed by atoms with E-state index in [-0.39, 0.29) is 31.3 Å². The Labute approximate surface area is 150 Å². The molecule has 2 bridgehead atoms. The maximum absolute atomic E-state index is 12.8. The number of ether oxygens (including phenoxy) is 1. The first-order valence-corrected chi connectivity index (χ1v) is 10.1. The van der Waals surface area contributed by atoms with Crippen LogP contribution in [0.5, 0.6) is 0 Å². The molecule has 2 fully saturated rings. The summed E-state index contributed by atoms with van der Waals surface area (Å²) in [5.74, 6) is -2.62. The highest BCUT2D eigenvalue weighted by atomic mass is 31.2. The second-order valence-electron chi connectivity index (χ2n) is 6.90. The van der Waals surface area contributed by atoms with Crippen molar-refractivity contribution in [2.75, 3.05) is 19.3 Å². The van der Waals surface area contributed by atoms with Gasteiger partial charge in [-0.1, -0.05) is 18.7 Å². The predicted octanol–water partition coefficient (Wildman–Crippen LogP) is -0.445. The fourth-order valence-corrected chi connectivity index (χ4v) is 4.47. The van der Waals surface area contributed by atoms with E-state index in [9.17, 15) is 18.9 Å². The Morgan fingerprint density at radius 1 is 1.42 bits per heavy atom. The Balaban J connectivity index is 1.71. The SMILES string of the molecule is C=C(C)C(=O)NCCN1C(=O)C2C3C=CC(CCP(=O)(O)O)(O3)C2C1=O. The van der Waals surface area contributed by atoms with Crippen LogP contribution in [0, 0.1) is 11.8 Å². The largest absolute Gasteiger partial charge is 0.362 e. The first-order chi connectivity index (χ1) is 12.1. The summed E-state index contributed by atoms with van der Waals surface area (Å²) in [6.07, 6.45) is 2.29. The Hall–Kier alpha value is -1.80. The van der Waals surface area contributed by atoms with Gasteiger partial charge >= 0.3 is 7.60 Å². The van der Waals surface area contributed by atoms with Crippen molar-refractivity contribution in [2.45, 2.75) is 25.0 Å². The van der Waals surface area contributed by atoms with Gasteiger partial charge in [0.2, 0.25) is 17.7 Å². The van der Waals surface area contributed by atoms with Crippen LogP contribution < -0.4 is 5.32 Å². The number of carbonyl (C=O) groups excluding carboxylic acids is 3. The molecule has 0 radical (unpaired) electrons. The number of carbonyl (C=O) groups is 3. The second-order valence-corrected chi connectivity index (χ2v) is 8.68. The number of nitrogens with zero attached hydrogens (tertiary/aromatic N) is 1. The highest BCUT2D eigenvalue weighted by Gasteiger charge is 2.67. The van der Waals surface area contributed by atoms with E-state index in [0.29, 0.717) is 5.57 Å². The van der Waals surface area contributed by atoms with Crippen molar-refractivity contribution in [1.82, 2.24) is 10.2 Å². The number of fused-ring (bicyclic) bond motifs is 5. The van der Waals surface area contributed by atoms with Crippen molar-refractivity contribution in [3.05, 3.63) is 24.3 Å². The lowest BCUT2D eigenvalue weighted by Crippen LogP contribution is -2.43. The molecule has 10 heteroatoms. The maximum Gasteiger partial charge on any atom is 0.325 e. The normalized spacial score (nSPS) is 32.3. The quantitative estimate of drug-likeness (QED) is 0.234. The molecule has 142 valence electrons. The fourth-order valence-electron chi connectivity index (χ4n) is 3.83. The van der Waals surface area contributed by atoms with E-state index < -0.39 is 43.2 Å². The molecule has 0 spiro atoms. The number of nitrogens with one attached hydrogen (secondary N) is 1. The van der Waals surface area contributed by atoms with Crippen LogP contribution in [0.15, 0.2) is 24.3 Å². The third-order valence-corrected chi connectivity index (χ3v) is 5.85. The van der Waals surface area contributed by atoms with Gasteiger partial charge in [0.05, 0.1) is 24.1 Å². The summed E-state index contributed by atoms with van der Waals surface area (Å²) >= 11 is 0. The molecule has 4 unspecified atom stereocenters. The van der Waals surface area contributed by atoms with Crippen LogP contribution in [0.3, 0.4) is 0 Å². The van der Waals surface area contributed by atoms with E-state index in [2.05, 4.69) is 11.9 Å². The van der Waals surface area contributed by atoms with E-state index in [1.807, 2.05) is 0 Å². The van der Waals surface area contributed by atoms with Crippen LogP contribution in [-0.2, 0) is 23.7 Å². The minimum absolute atomic E-state index is 0.0327. The molecule has 26 heavy (non-hydrogen) atoms. The van der Waals surface area contributed by atoms with Crippen LogP contribution in [0.25, 0.3) is 0 Å². The highest BCUT2D eigenvalue weighted by Crippen LogP contribution is 2.54. The van der Waals surface area contributed by atoms with Gasteiger partial charge in [0.15, 0.2) is 0 Å². The van der Waals surface area contributed by atoms with Gasteiger partial charge < -0.3 is 19.8 Å². The highest BCUT2D eigenvalue weighted by molar-refractivity contribution is 7.51. The zero-order valence-corrected chi connectivity index (χ0v) is 15.1. The lowest BCUT2D eigenvalue weighted by Gasteiger charge is -2.29. The van der Waals surface area contributed by atoms with Crippen molar-refractivity contribution in [1.29, 1.82) is 0 Å². The molecule has 0 saturated carbocycles. The molecule has 0 aromatic carbocycles. The smallest absolute Gasteiger partial charge is 0.325 e. The summed E-state index contributed by atoms with van der Waals surface area (Å²) in [6.45, 7) is 5.21. The first-order valence-electron chi connectivity index (χ1n) is 8.26. The Morgan fingerprint density at radius 3 is 2.73 bits per heavy atom. The molecule has 3 heterocycles. The molecule has 4 atom stereocenters. The third-order valence-electron chi connectivity index (χ3n) is 5.05. The summed E-state index contributed by atoms with van der Waals surface area (Å²) in [7, 11) is -4.26. The van der Waals surface area contributed by atoms with Crippen LogP contribution in [0.1, 0.15) is 13.3 Å². The van der Waals surface area contributed by atoms with Crippen LogP contribution in [0.2, 0.25) is 0 Å². The second kappa shape index (κ2) is 6.42. The molecular formula is C16H21N2O7P. The minimum atomic E-state index is -4.26. The zero-order chi connectivity index (χ0) is 19.3. The average Bonchev–Trinajstić information content (AvgIpc) is 3.18. The Morgan fingerprint density at radius 2 is 2.12 bits per heavy atom. The summed E-state index contributed by atoms with van der Waals surface area (Å²) in [5.41, 5.74) is -0.827. The molecule has 3 amide bonds. The van der Waals surface area contributed by atoms with Gasteiger partial charge in [-0.2, -0.15) is 0 Å². The lowest BCUT2D eigenvalue weighted by molar-refractivity contribution is -0.144. The Kier molecular flexibility index (Phi) is 4.69. The van der Waals surface area contributed by atoms with Crippen molar-refractivity contribution in [3.63, 3.8) is 0 Å². The minimum Gasteiger partial charge on any atom is -0.362 e. The van der Waals surface area contributed by atoms with E-state index >= 15 is 0 Å². The molecule has 9 nitrogen and oxygen atoms in total. The lowest BCUT2D eigenvalue weighted by atomic mass is 9.76. The molecule has 0 aromatic rings. The maximum atomic E-state index is 12.8. The number of hydrogen-bond donors (Lipinski definition) is 3. The van der Waals surface area contributed by atoms with Gasteiger partial charge in [0.25, 0.3) is 0 Å². The molecule has 2 saturated heterocycles. The van der Waals surface area contributed by atoms with Gasteiger partial charge in [0, 0.05) is 18.7 Å². The van der Waals surface area contributed by atoms with Crippen molar-refractivity contribution < 1.29 is 33.5 Å².